The topological polar surface area (TPSA) is 51.7 Å². The molecule has 1 spiro atoms. The molecule has 2 aliphatic heterocycles. The highest BCUT2D eigenvalue weighted by molar-refractivity contribution is 6.06. The molecule has 1 aromatic carbocycles. The first-order chi connectivity index (χ1) is 12.2. The lowest BCUT2D eigenvalue weighted by Crippen LogP contribution is -2.50. The van der Waals surface area contributed by atoms with E-state index in [2.05, 4.69) is 4.98 Å². The quantitative estimate of drug-likeness (QED) is 0.862. The van der Waals surface area contributed by atoms with Crippen LogP contribution in [0.4, 0.5) is 0 Å². The molecule has 2 saturated heterocycles. The molecule has 3 heterocycles. The molecule has 0 radical (unpaired) electrons. The number of hydrogen-bond acceptors (Lipinski definition) is 4. The first kappa shape index (κ1) is 16.5. The van der Waals surface area contributed by atoms with Crippen LogP contribution in [-0.2, 0) is 9.47 Å². The molecule has 2 aliphatic rings. The van der Waals surface area contributed by atoms with E-state index < -0.39 is 0 Å². The molecule has 5 heteroatoms. The number of carbonyl (C=O) groups excluding carboxylic acids is 1. The third-order valence-electron chi connectivity index (χ3n) is 5.28. The number of amides is 1. The van der Waals surface area contributed by atoms with Gasteiger partial charge in [-0.15, -0.1) is 0 Å². The van der Waals surface area contributed by atoms with Crippen molar-refractivity contribution in [3.63, 3.8) is 0 Å². The number of hydrogen-bond donors (Lipinski definition) is 0. The van der Waals surface area contributed by atoms with Crippen LogP contribution in [0.1, 0.15) is 36.5 Å². The first-order valence-electron chi connectivity index (χ1n) is 9.09. The van der Waals surface area contributed by atoms with Gasteiger partial charge in [0.1, 0.15) is 0 Å². The Hall–Kier alpha value is -1.98. The molecule has 132 valence electrons. The summed E-state index contributed by atoms with van der Waals surface area (Å²) in [5.74, 6) is 0.0705. The van der Waals surface area contributed by atoms with Gasteiger partial charge in [0.25, 0.3) is 5.91 Å². The van der Waals surface area contributed by atoms with Gasteiger partial charge in [-0.2, -0.15) is 0 Å². The Labute approximate surface area is 147 Å². The number of piperidine rings is 1. The van der Waals surface area contributed by atoms with Gasteiger partial charge in [-0.25, -0.2) is 0 Å². The van der Waals surface area contributed by atoms with Gasteiger partial charge >= 0.3 is 0 Å². The number of nitrogens with zero attached hydrogens (tertiary/aromatic N) is 2. The molecule has 0 aliphatic carbocycles. The van der Waals surface area contributed by atoms with Crippen LogP contribution in [0.15, 0.2) is 36.5 Å². The van der Waals surface area contributed by atoms with Crippen LogP contribution in [-0.4, -0.2) is 53.8 Å². The molecule has 5 nitrogen and oxygen atoms in total. The highest BCUT2D eigenvalue weighted by Gasteiger charge is 2.45. The zero-order valence-electron chi connectivity index (χ0n) is 14.6. The Morgan fingerprint density at radius 1 is 1.40 bits per heavy atom. The van der Waals surface area contributed by atoms with Gasteiger partial charge in [0.05, 0.1) is 35.9 Å². The van der Waals surface area contributed by atoms with Crippen LogP contribution in [0.2, 0.25) is 0 Å². The first-order valence-corrected chi connectivity index (χ1v) is 9.09. The molecule has 2 fully saturated rings. The molecule has 4 rings (SSSR count). The second-order valence-corrected chi connectivity index (χ2v) is 6.98. The van der Waals surface area contributed by atoms with Gasteiger partial charge in [0, 0.05) is 31.2 Å². The van der Waals surface area contributed by atoms with E-state index in [4.69, 9.17) is 9.47 Å². The maximum absolute atomic E-state index is 13.2. The molecular weight excluding hydrogens is 316 g/mol. The summed E-state index contributed by atoms with van der Waals surface area (Å²) in [6, 6.07) is 9.62. The average Bonchev–Trinajstić information content (AvgIpc) is 3.03. The van der Waals surface area contributed by atoms with Crippen molar-refractivity contribution in [2.75, 3.05) is 26.3 Å². The van der Waals surface area contributed by atoms with Gasteiger partial charge in [-0.1, -0.05) is 18.2 Å². The van der Waals surface area contributed by atoms with E-state index in [9.17, 15) is 4.79 Å². The number of fused-ring (bicyclic) bond motifs is 1. The van der Waals surface area contributed by atoms with Gasteiger partial charge in [-0.3, -0.25) is 9.78 Å². The van der Waals surface area contributed by atoms with E-state index in [0.717, 1.165) is 42.3 Å². The van der Waals surface area contributed by atoms with Crippen molar-refractivity contribution in [3.05, 3.63) is 42.1 Å². The fraction of sp³-hybridized carbons (Fsp3) is 0.500. The zero-order valence-corrected chi connectivity index (χ0v) is 14.6. The summed E-state index contributed by atoms with van der Waals surface area (Å²) in [5, 5.41) is 0.911. The number of para-hydroxylation sites is 1. The van der Waals surface area contributed by atoms with Crippen LogP contribution in [0.25, 0.3) is 10.9 Å². The molecule has 0 saturated carbocycles. The predicted octanol–water partition coefficient (Wildman–Crippen LogP) is 3.04. The highest BCUT2D eigenvalue weighted by atomic mass is 16.6. The fourth-order valence-corrected chi connectivity index (χ4v) is 4.15. The van der Waals surface area contributed by atoms with Gasteiger partial charge in [-0.05, 0) is 31.9 Å². The summed E-state index contributed by atoms with van der Waals surface area (Å²) < 4.78 is 11.9. The summed E-state index contributed by atoms with van der Waals surface area (Å²) in [5.41, 5.74) is 1.34. The summed E-state index contributed by atoms with van der Waals surface area (Å²) in [4.78, 5) is 19.5. The molecule has 0 bridgehead atoms. The number of aromatic nitrogens is 1. The Morgan fingerprint density at radius 2 is 2.28 bits per heavy atom. The van der Waals surface area contributed by atoms with Crippen LogP contribution in [0.5, 0.6) is 0 Å². The van der Waals surface area contributed by atoms with Crippen molar-refractivity contribution >= 4 is 16.8 Å². The molecule has 2 atom stereocenters. The molecule has 0 N–H and O–H groups in total. The van der Waals surface area contributed by atoms with Crippen molar-refractivity contribution in [3.8, 4) is 0 Å². The van der Waals surface area contributed by atoms with Crippen LogP contribution in [0, 0.1) is 0 Å². The smallest absolute Gasteiger partial charge is 0.254 e. The molecule has 25 heavy (non-hydrogen) atoms. The number of ether oxygens (including phenoxy) is 2. The lowest BCUT2D eigenvalue weighted by Gasteiger charge is -2.39. The lowest BCUT2D eigenvalue weighted by atomic mass is 9.89. The SMILES string of the molecule is CCO[C@@H]1CO[C@@]2(CCCN(C(=O)c3ccnc4ccccc34)C2)C1. The summed E-state index contributed by atoms with van der Waals surface area (Å²) in [6.45, 7) is 4.77. The van der Waals surface area contributed by atoms with Crippen LogP contribution in [0.3, 0.4) is 0 Å². The Bertz CT molecular complexity index is 773. The van der Waals surface area contributed by atoms with Crippen molar-refractivity contribution in [2.45, 2.75) is 37.9 Å². The molecular formula is C20H24N2O3. The van der Waals surface area contributed by atoms with Gasteiger partial charge in [0.15, 0.2) is 0 Å². The van der Waals surface area contributed by atoms with Crippen molar-refractivity contribution in [1.29, 1.82) is 0 Å². The van der Waals surface area contributed by atoms with Crippen molar-refractivity contribution in [2.24, 2.45) is 0 Å². The summed E-state index contributed by atoms with van der Waals surface area (Å²) >= 11 is 0. The fourth-order valence-electron chi connectivity index (χ4n) is 4.15. The van der Waals surface area contributed by atoms with Crippen molar-refractivity contribution < 1.29 is 14.3 Å². The minimum atomic E-state index is -0.240. The van der Waals surface area contributed by atoms with Crippen LogP contribution >= 0.6 is 0 Å². The summed E-state index contributed by atoms with van der Waals surface area (Å²) in [7, 11) is 0. The molecule has 1 aromatic heterocycles. The maximum atomic E-state index is 13.2. The Balaban J connectivity index is 1.56. The minimum absolute atomic E-state index is 0.0705. The Morgan fingerprint density at radius 3 is 3.16 bits per heavy atom. The van der Waals surface area contributed by atoms with E-state index in [0.29, 0.717) is 19.8 Å². The predicted molar refractivity (Wildman–Crippen MR) is 95.6 cm³/mol. The van der Waals surface area contributed by atoms with E-state index >= 15 is 0 Å². The number of rotatable bonds is 3. The molecule has 0 unspecified atom stereocenters. The number of carbonyl (C=O) groups is 1. The van der Waals surface area contributed by atoms with E-state index in [1.54, 1.807) is 6.20 Å². The zero-order chi connectivity index (χ0) is 17.3. The third-order valence-corrected chi connectivity index (χ3v) is 5.28. The standard InChI is InChI=1S/C20H24N2O3/c1-2-24-15-12-20(25-13-15)9-5-11-22(14-20)19(23)17-8-10-21-18-7-4-3-6-16(17)18/h3-4,6-8,10,15H,2,5,9,11-14H2,1H3/t15-,20-/m0/s1. The highest BCUT2D eigenvalue weighted by Crippen LogP contribution is 2.36. The summed E-state index contributed by atoms with van der Waals surface area (Å²) in [6.07, 6.45) is 4.71. The molecule has 1 amide bonds. The van der Waals surface area contributed by atoms with E-state index in [1.165, 1.54) is 0 Å². The second-order valence-electron chi connectivity index (χ2n) is 6.98. The van der Waals surface area contributed by atoms with Gasteiger partial charge in [0.2, 0.25) is 0 Å². The number of benzene rings is 1. The monoisotopic (exact) mass is 340 g/mol. The molecule has 2 aromatic rings. The van der Waals surface area contributed by atoms with Crippen molar-refractivity contribution in [1.82, 2.24) is 9.88 Å². The van der Waals surface area contributed by atoms with E-state index in [-0.39, 0.29) is 17.6 Å². The number of likely N-dealkylation sites (tertiary alicyclic amines) is 1. The second kappa shape index (κ2) is 6.73. The van der Waals surface area contributed by atoms with Crippen LogP contribution < -0.4 is 0 Å². The minimum Gasteiger partial charge on any atom is -0.376 e. The number of pyridine rings is 1. The largest absolute Gasteiger partial charge is 0.376 e. The Kier molecular flexibility index (Phi) is 4.44. The average molecular weight is 340 g/mol. The van der Waals surface area contributed by atoms with Gasteiger partial charge < -0.3 is 14.4 Å². The maximum Gasteiger partial charge on any atom is 0.254 e. The van der Waals surface area contributed by atoms with E-state index in [1.807, 2.05) is 42.2 Å². The lowest BCUT2D eigenvalue weighted by molar-refractivity contribution is -0.0462. The third kappa shape index (κ3) is 3.14. The normalized spacial score (nSPS) is 26.4.